The fraction of sp³-hybridized carbons (Fsp3) is 0.400. The quantitative estimate of drug-likeness (QED) is 0.893. The van der Waals surface area contributed by atoms with Crippen LogP contribution in [0.3, 0.4) is 0 Å². The highest BCUT2D eigenvalue weighted by Gasteiger charge is 2.14. The largest absolute Gasteiger partial charge is 0.376 e. The van der Waals surface area contributed by atoms with Crippen molar-refractivity contribution in [3.63, 3.8) is 0 Å². The normalized spacial score (nSPS) is 19.4. The molecule has 0 radical (unpaired) electrons. The van der Waals surface area contributed by atoms with E-state index in [2.05, 4.69) is 34.6 Å². The van der Waals surface area contributed by atoms with Gasteiger partial charge in [-0.3, -0.25) is 4.98 Å². The van der Waals surface area contributed by atoms with E-state index in [1.165, 1.54) is 17.4 Å². The zero-order chi connectivity index (χ0) is 12.2. The van der Waals surface area contributed by atoms with Gasteiger partial charge in [0, 0.05) is 23.7 Å². The number of hydrogen-bond donors (Lipinski definition) is 1. The van der Waals surface area contributed by atoms with E-state index in [-0.39, 0.29) is 0 Å². The second-order valence-electron chi connectivity index (χ2n) is 4.87. The standard InChI is InChI=1S/C15H18N2O/c1-3-13-5-2-7-17-15(13)14(4-1)11-18-10-12-6-8-16-9-12/h1-5,7,12,16H,6,8-11H2. The molecule has 2 aromatic rings. The topological polar surface area (TPSA) is 34.1 Å². The third-order valence-electron chi connectivity index (χ3n) is 3.49. The zero-order valence-corrected chi connectivity index (χ0v) is 10.4. The summed E-state index contributed by atoms with van der Waals surface area (Å²) in [6.07, 6.45) is 3.07. The molecule has 18 heavy (non-hydrogen) atoms. The first-order valence-electron chi connectivity index (χ1n) is 6.54. The summed E-state index contributed by atoms with van der Waals surface area (Å²) in [5.74, 6) is 0.674. The SMILES string of the molecule is c1cnc2c(COCC3CCNC3)cccc2c1. The first kappa shape index (κ1) is 11.6. The molecule has 3 rings (SSSR count). The average molecular weight is 242 g/mol. The van der Waals surface area contributed by atoms with Crippen molar-refractivity contribution < 1.29 is 4.74 Å². The summed E-state index contributed by atoms with van der Waals surface area (Å²) in [6, 6.07) is 10.3. The van der Waals surface area contributed by atoms with Gasteiger partial charge in [-0.05, 0) is 24.9 Å². The van der Waals surface area contributed by atoms with Crippen LogP contribution in [0.1, 0.15) is 12.0 Å². The maximum atomic E-state index is 5.83. The zero-order valence-electron chi connectivity index (χ0n) is 10.4. The lowest BCUT2D eigenvalue weighted by molar-refractivity contribution is 0.0931. The molecule has 0 aliphatic carbocycles. The molecule has 1 unspecified atom stereocenters. The number of nitrogens with zero attached hydrogens (tertiary/aromatic N) is 1. The van der Waals surface area contributed by atoms with Gasteiger partial charge in [0.1, 0.15) is 0 Å². The van der Waals surface area contributed by atoms with Crippen molar-refractivity contribution in [3.8, 4) is 0 Å². The van der Waals surface area contributed by atoms with Crippen LogP contribution in [0.2, 0.25) is 0 Å². The third-order valence-corrected chi connectivity index (χ3v) is 3.49. The smallest absolute Gasteiger partial charge is 0.0757 e. The van der Waals surface area contributed by atoms with Gasteiger partial charge in [0.15, 0.2) is 0 Å². The molecule has 0 bridgehead atoms. The van der Waals surface area contributed by atoms with Crippen LogP contribution >= 0.6 is 0 Å². The Morgan fingerprint density at radius 2 is 2.22 bits per heavy atom. The highest BCUT2D eigenvalue weighted by molar-refractivity contribution is 5.81. The minimum Gasteiger partial charge on any atom is -0.376 e. The van der Waals surface area contributed by atoms with Gasteiger partial charge < -0.3 is 10.1 Å². The summed E-state index contributed by atoms with van der Waals surface area (Å²) in [6.45, 7) is 3.72. The van der Waals surface area contributed by atoms with Crippen LogP contribution in [0.15, 0.2) is 36.5 Å². The van der Waals surface area contributed by atoms with Crippen molar-refractivity contribution in [1.29, 1.82) is 0 Å². The number of aromatic nitrogens is 1. The predicted octanol–water partition coefficient (Wildman–Crippen LogP) is 2.36. The first-order valence-corrected chi connectivity index (χ1v) is 6.54. The van der Waals surface area contributed by atoms with E-state index in [1.807, 2.05) is 12.3 Å². The van der Waals surface area contributed by atoms with Crippen molar-refractivity contribution in [2.24, 2.45) is 5.92 Å². The van der Waals surface area contributed by atoms with E-state index in [1.54, 1.807) is 0 Å². The molecule has 1 aromatic carbocycles. The van der Waals surface area contributed by atoms with Gasteiger partial charge in [0.05, 0.1) is 18.7 Å². The van der Waals surface area contributed by atoms with Gasteiger partial charge >= 0.3 is 0 Å². The summed E-state index contributed by atoms with van der Waals surface area (Å²) < 4.78 is 5.83. The van der Waals surface area contributed by atoms with Crippen LogP contribution in [0.25, 0.3) is 10.9 Å². The number of ether oxygens (including phenoxy) is 1. The molecule has 2 heterocycles. The molecule has 94 valence electrons. The van der Waals surface area contributed by atoms with Crippen molar-refractivity contribution in [3.05, 3.63) is 42.1 Å². The Hall–Kier alpha value is -1.45. The van der Waals surface area contributed by atoms with Gasteiger partial charge in [-0.2, -0.15) is 0 Å². The Kier molecular flexibility index (Phi) is 3.53. The van der Waals surface area contributed by atoms with Crippen molar-refractivity contribution in [2.45, 2.75) is 13.0 Å². The molecular formula is C15H18N2O. The number of pyridine rings is 1. The van der Waals surface area contributed by atoms with Crippen LogP contribution < -0.4 is 5.32 Å². The highest BCUT2D eigenvalue weighted by atomic mass is 16.5. The summed E-state index contributed by atoms with van der Waals surface area (Å²) in [5.41, 5.74) is 2.24. The Morgan fingerprint density at radius 1 is 1.28 bits per heavy atom. The monoisotopic (exact) mass is 242 g/mol. The van der Waals surface area contributed by atoms with Crippen LogP contribution in [-0.4, -0.2) is 24.7 Å². The van der Waals surface area contributed by atoms with Gasteiger partial charge in [-0.1, -0.05) is 24.3 Å². The number of rotatable bonds is 4. The van der Waals surface area contributed by atoms with E-state index in [4.69, 9.17) is 4.74 Å². The molecule has 1 atom stereocenters. The minimum atomic E-state index is 0.658. The molecule has 1 fully saturated rings. The number of hydrogen-bond acceptors (Lipinski definition) is 3. The molecule has 0 amide bonds. The fourth-order valence-electron chi connectivity index (χ4n) is 2.48. The number of benzene rings is 1. The summed E-state index contributed by atoms with van der Waals surface area (Å²) >= 11 is 0. The lowest BCUT2D eigenvalue weighted by atomic mass is 10.1. The molecule has 1 saturated heterocycles. The van der Waals surface area contributed by atoms with Gasteiger partial charge in [0.2, 0.25) is 0 Å². The summed E-state index contributed by atoms with van der Waals surface area (Å²) in [5, 5.41) is 4.54. The van der Waals surface area contributed by atoms with Crippen LogP contribution in [0.4, 0.5) is 0 Å². The molecule has 3 heteroatoms. The van der Waals surface area contributed by atoms with Gasteiger partial charge in [0.25, 0.3) is 0 Å². The van der Waals surface area contributed by atoms with E-state index in [9.17, 15) is 0 Å². The molecule has 0 spiro atoms. The second kappa shape index (κ2) is 5.46. The number of nitrogens with one attached hydrogen (secondary N) is 1. The molecule has 0 saturated carbocycles. The van der Waals surface area contributed by atoms with Gasteiger partial charge in [-0.25, -0.2) is 0 Å². The van der Waals surface area contributed by atoms with E-state index >= 15 is 0 Å². The highest BCUT2D eigenvalue weighted by Crippen LogP contribution is 2.17. The minimum absolute atomic E-state index is 0.658. The van der Waals surface area contributed by atoms with Crippen LogP contribution in [-0.2, 0) is 11.3 Å². The first-order chi connectivity index (χ1) is 8.93. The number of fused-ring (bicyclic) bond motifs is 1. The van der Waals surface area contributed by atoms with Crippen LogP contribution in [0, 0.1) is 5.92 Å². The van der Waals surface area contributed by atoms with Crippen molar-refractivity contribution in [2.75, 3.05) is 19.7 Å². The summed E-state index contributed by atoms with van der Waals surface area (Å²) in [7, 11) is 0. The van der Waals surface area contributed by atoms with Crippen molar-refractivity contribution >= 4 is 10.9 Å². The Morgan fingerprint density at radius 3 is 3.11 bits per heavy atom. The lowest BCUT2D eigenvalue weighted by Gasteiger charge is -2.10. The maximum Gasteiger partial charge on any atom is 0.0757 e. The molecule has 1 aliphatic rings. The van der Waals surface area contributed by atoms with E-state index in [0.717, 1.165) is 25.2 Å². The Bertz CT molecular complexity index is 515. The molecule has 3 nitrogen and oxygen atoms in total. The van der Waals surface area contributed by atoms with Crippen molar-refractivity contribution in [1.82, 2.24) is 10.3 Å². The Balaban J connectivity index is 1.66. The molecule has 1 N–H and O–H groups in total. The molecular weight excluding hydrogens is 224 g/mol. The van der Waals surface area contributed by atoms with E-state index in [0.29, 0.717) is 12.5 Å². The maximum absolute atomic E-state index is 5.83. The average Bonchev–Trinajstić information content (AvgIpc) is 2.92. The van der Waals surface area contributed by atoms with Gasteiger partial charge in [-0.15, -0.1) is 0 Å². The van der Waals surface area contributed by atoms with Crippen LogP contribution in [0.5, 0.6) is 0 Å². The van der Waals surface area contributed by atoms with E-state index < -0.39 is 0 Å². The Labute approximate surface area is 107 Å². The molecule has 1 aliphatic heterocycles. The molecule has 1 aromatic heterocycles. The lowest BCUT2D eigenvalue weighted by Crippen LogP contribution is -2.13. The number of para-hydroxylation sites is 1. The third kappa shape index (κ3) is 2.52. The summed E-state index contributed by atoms with van der Waals surface area (Å²) in [4.78, 5) is 4.44. The second-order valence-corrected chi connectivity index (χ2v) is 4.87. The predicted molar refractivity (Wildman–Crippen MR) is 72.4 cm³/mol. The fourth-order valence-corrected chi connectivity index (χ4v) is 2.48.